The van der Waals surface area contributed by atoms with Gasteiger partial charge in [-0.05, 0) is 36.4 Å². The van der Waals surface area contributed by atoms with Crippen LogP contribution in [0.4, 0.5) is 0 Å². The average molecular weight is 612 g/mol. The first-order valence-corrected chi connectivity index (χ1v) is 12.5. The number of halogens is 7. The van der Waals surface area contributed by atoms with Gasteiger partial charge in [0.05, 0.1) is 6.61 Å². The quantitative estimate of drug-likeness (QED) is 0.234. The maximum atomic E-state index is 6.52. The molecule has 0 N–H and O–H groups in total. The molecule has 0 saturated heterocycles. The van der Waals surface area contributed by atoms with Gasteiger partial charge in [-0.1, -0.05) is 87.8 Å². The van der Waals surface area contributed by atoms with E-state index in [1.807, 2.05) is 46.1 Å². The number of imidazole rings is 1. The third-order valence-electron chi connectivity index (χ3n) is 5.29. The first-order valence-electron chi connectivity index (χ1n) is 10.3. The third kappa shape index (κ3) is 7.44. The standard InChI is InChI=1S/C25H19Cl6N2O.ClH/c26-17-5-4-16(23(30)10-17)12-32-8-9-33(15-32)13-25(19-7-6-18(27)11-24(19)31)34-14-20-21(28)2-1-3-22(20)29;/h1-11,15,25H,12-14H2;1H/q+1;/p-1. The van der Waals surface area contributed by atoms with Gasteiger partial charge < -0.3 is 17.1 Å². The Hall–Kier alpha value is -1.14. The summed E-state index contributed by atoms with van der Waals surface area (Å²) in [5, 5.41) is 3.41. The largest absolute Gasteiger partial charge is 1.00 e. The monoisotopic (exact) mass is 608 g/mol. The summed E-state index contributed by atoms with van der Waals surface area (Å²) in [4.78, 5) is 0. The van der Waals surface area contributed by atoms with E-state index >= 15 is 0 Å². The zero-order chi connectivity index (χ0) is 24.2. The number of aromatic nitrogens is 2. The lowest BCUT2D eigenvalue weighted by atomic mass is 10.1. The summed E-state index contributed by atoms with van der Waals surface area (Å²) in [6, 6.07) is 16.2. The van der Waals surface area contributed by atoms with E-state index in [1.54, 1.807) is 36.4 Å². The number of benzene rings is 3. The SMILES string of the molecule is Clc1ccc(C[n+]2ccn(CC(OCc3c(Cl)cccc3Cl)c3ccc(Cl)cc3Cl)c2)c(Cl)c1.[Cl-]. The fraction of sp³-hybridized carbons (Fsp3) is 0.160. The molecule has 184 valence electrons. The zero-order valence-corrected chi connectivity index (χ0v) is 23.4. The summed E-state index contributed by atoms with van der Waals surface area (Å²) in [7, 11) is 0. The molecule has 1 aromatic heterocycles. The maximum absolute atomic E-state index is 6.52. The van der Waals surface area contributed by atoms with Gasteiger partial charge in [-0.15, -0.1) is 0 Å². The fourth-order valence-electron chi connectivity index (χ4n) is 3.54. The van der Waals surface area contributed by atoms with Crippen molar-refractivity contribution in [3.05, 3.63) is 120 Å². The van der Waals surface area contributed by atoms with Crippen molar-refractivity contribution in [2.75, 3.05) is 0 Å². The highest BCUT2D eigenvalue weighted by Crippen LogP contribution is 2.32. The van der Waals surface area contributed by atoms with Crippen LogP contribution in [-0.4, -0.2) is 4.57 Å². The normalized spacial score (nSPS) is 11.8. The van der Waals surface area contributed by atoms with Crippen LogP contribution in [0.5, 0.6) is 0 Å². The predicted octanol–water partition coefficient (Wildman–Crippen LogP) is 5.71. The van der Waals surface area contributed by atoms with Crippen molar-refractivity contribution in [1.29, 1.82) is 0 Å². The van der Waals surface area contributed by atoms with Gasteiger partial charge in [-0.3, -0.25) is 0 Å². The van der Waals surface area contributed by atoms with Crippen LogP contribution in [0, 0.1) is 0 Å². The molecule has 1 heterocycles. The Labute approximate surface area is 240 Å². The first-order chi connectivity index (χ1) is 16.3. The number of ether oxygens (including phenoxy) is 1. The highest BCUT2D eigenvalue weighted by atomic mass is 35.5. The Bertz CT molecular complexity index is 1290. The van der Waals surface area contributed by atoms with Crippen molar-refractivity contribution in [3.63, 3.8) is 0 Å². The molecule has 0 fully saturated rings. The van der Waals surface area contributed by atoms with Gasteiger partial charge in [0.1, 0.15) is 31.6 Å². The second-order valence-corrected chi connectivity index (χ2v) is 10.2. The van der Waals surface area contributed by atoms with Crippen molar-refractivity contribution in [1.82, 2.24) is 4.57 Å². The van der Waals surface area contributed by atoms with Crippen LogP contribution in [0.3, 0.4) is 0 Å². The first kappa shape index (κ1) is 28.4. The van der Waals surface area contributed by atoms with E-state index in [-0.39, 0.29) is 25.1 Å². The topological polar surface area (TPSA) is 18.0 Å². The van der Waals surface area contributed by atoms with E-state index in [1.165, 1.54) is 0 Å². The molecule has 0 aliphatic rings. The van der Waals surface area contributed by atoms with Crippen molar-refractivity contribution >= 4 is 69.6 Å². The number of rotatable bonds is 8. The summed E-state index contributed by atoms with van der Waals surface area (Å²) < 4.78 is 10.3. The number of hydrogen-bond acceptors (Lipinski definition) is 1. The molecule has 0 saturated carbocycles. The molecule has 35 heavy (non-hydrogen) atoms. The van der Waals surface area contributed by atoms with Gasteiger partial charge in [0.2, 0.25) is 6.33 Å². The Morgan fingerprint density at radius 1 is 0.800 bits per heavy atom. The highest BCUT2D eigenvalue weighted by molar-refractivity contribution is 6.36. The average Bonchev–Trinajstić information content (AvgIpc) is 3.22. The van der Waals surface area contributed by atoms with Gasteiger partial charge in [-0.2, -0.15) is 0 Å². The van der Waals surface area contributed by atoms with Gasteiger partial charge in [0.15, 0.2) is 0 Å². The lowest BCUT2D eigenvalue weighted by Gasteiger charge is -2.19. The molecular formula is C25H19Cl7N2O. The van der Waals surface area contributed by atoms with Crippen LogP contribution in [0.1, 0.15) is 22.8 Å². The molecule has 0 aliphatic heterocycles. The molecule has 3 nitrogen and oxygen atoms in total. The van der Waals surface area contributed by atoms with E-state index in [9.17, 15) is 0 Å². The molecule has 0 radical (unpaired) electrons. The maximum Gasteiger partial charge on any atom is 0.244 e. The van der Waals surface area contributed by atoms with Gasteiger partial charge in [0, 0.05) is 46.8 Å². The van der Waals surface area contributed by atoms with E-state index < -0.39 is 0 Å². The van der Waals surface area contributed by atoms with E-state index in [0.717, 1.165) is 16.7 Å². The van der Waals surface area contributed by atoms with Gasteiger partial charge in [-0.25, -0.2) is 9.13 Å². The minimum absolute atomic E-state index is 0. The Kier molecular flexibility index (Phi) is 10.5. The van der Waals surface area contributed by atoms with Gasteiger partial charge >= 0.3 is 0 Å². The van der Waals surface area contributed by atoms with Crippen molar-refractivity contribution < 1.29 is 21.7 Å². The van der Waals surface area contributed by atoms with Crippen molar-refractivity contribution in [2.45, 2.75) is 25.8 Å². The molecule has 10 heteroatoms. The van der Waals surface area contributed by atoms with Crippen LogP contribution in [-0.2, 0) is 24.4 Å². The van der Waals surface area contributed by atoms with Crippen LogP contribution in [0.25, 0.3) is 0 Å². The third-order valence-corrected chi connectivity index (χ3v) is 7.15. The van der Waals surface area contributed by atoms with Crippen LogP contribution in [0.15, 0.2) is 73.3 Å². The summed E-state index contributed by atoms with van der Waals surface area (Å²) in [6.45, 7) is 1.33. The molecule has 1 unspecified atom stereocenters. The van der Waals surface area contributed by atoms with Gasteiger partial charge in [0.25, 0.3) is 0 Å². The van der Waals surface area contributed by atoms with Crippen LogP contribution in [0.2, 0.25) is 30.1 Å². The molecule has 0 bridgehead atoms. The second-order valence-electron chi connectivity index (χ2n) is 7.68. The number of hydrogen-bond donors (Lipinski definition) is 0. The zero-order valence-electron chi connectivity index (χ0n) is 18.1. The summed E-state index contributed by atoms with van der Waals surface area (Å²) in [5.41, 5.74) is 2.51. The molecule has 4 rings (SSSR count). The molecule has 3 aromatic carbocycles. The molecular weight excluding hydrogens is 592 g/mol. The lowest BCUT2D eigenvalue weighted by Crippen LogP contribution is -3.00. The number of nitrogens with zero attached hydrogens (tertiary/aromatic N) is 2. The predicted molar refractivity (Wildman–Crippen MR) is 141 cm³/mol. The Morgan fingerprint density at radius 2 is 1.46 bits per heavy atom. The molecule has 0 spiro atoms. The minimum atomic E-state index is -0.378. The van der Waals surface area contributed by atoms with Crippen LogP contribution < -0.4 is 17.0 Å². The Morgan fingerprint density at radius 3 is 2.11 bits per heavy atom. The van der Waals surface area contributed by atoms with Crippen molar-refractivity contribution in [2.24, 2.45) is 0 Å². The van der Waals surface area contributed by atoms with Crippen molar-refractivity contribution in [3.8, 4) is 0 Å². The van der Waals surface area contributed by atoms with Crippen LogP contribution >= 0.6 is 69.6 Å². The summed E-state index contributed by atoms with van der Waals surface area (Å²) >= 11 is 37.7. The van der Waals surface area contributed by atoms with E-state index in [0.29, 0.717) is 43.2 Å². The lowest BCUT2D eigenvalue weighted by molar-refractivity contribution is -0.687. The molecule has 1 atom stereocenters. The molecule has 4 aromatic rings. The Balaban J connectivity index is 0.00000342. The summed E-state index contributed by atoms with van der Waals surface area (Å²) in [6.07, 6.45) is 5.54. The highest BCUT2D eigenvalue weighted by Gasteiger charge is 2.21. The second kappa shape index (κ2) is 12.9. The minimum Gasteiger partial charge on any atom is -1.00 e. The summed E-state index contributed by atoms with van der Waals surface area (Å²) in [5.74, 6) is 0. The fourth-order valence-corrected chi connectivity index (χ4v) is 5.04. The van der Waals surface area contributed by atoms with E-state index in [2.05, 4.69) is 0 Å². The molecule has 0 aliphatic carbocycles. The smallest absolute Gasteiger partial charge is 0.244 e. The molecule has 0 amide bonds. The van der Waals surface area contributed by atoms with E-state index in [4.69, 9.17) is 74.3 Å².